The van der Waals surface area contributed by atoms with E-state index in [1.807, 2.05) is 6.92 Å². The molecule has 5 heteroatoms. The van der Waals surface area contributed by atoms with Crippen molar-refractivity contribution in [2.45, 2.75) is 51.7 Å². The number of fused-ring (bicyclic) bond motifs is 1. The second-order valence-corrected chi connectivity index (χ2v) is 8.05. The SMILES string of the molecule is CCOC(=O)CCN1CCC([C@@H]2Cc3c(C)cccc3[C@H](CBr)O2)CC1. The van der Waals surface area contributed by atoms with Crippen LogP contribution in [0.4, 0.5) is 0 Å². The minimum absolute atomic E-state index is 0.0857. The first-order valence-electron chi connectivity index (χ1n) is 9.80. The zero-order valence-electron chi connectivity index (χ0n) is 15.9. The third kappa shape index (κ3) is 4.68. The van der Waals surface area contributed by atoms with E-state index in [0.29, 0.717) is 25.0 Å². The van der Waals surface area contributed by atoms with E-state index in [4.69, 9.17) is 9.47 Å². The van der Waals surface area contributed by atoms with E-state index in [2.05, 4.69) is 46.0 Å². The summed E-state index contributed by atoms with van der Waals surface area (Å²) in [4.78, 5) is 13.9. The van der Waals surface area contributed by atoms with Crippen molar-refractivity contribution in [1.82, 2.24) is 4.90 Å². The van der Waals surface area contributed by atoms with Crippen LogP contribution < -0.4 is 0 Å². The van der Waals surface area contributed by atoms with Gasteiger partial charge in [0, 0.05) is 11.9 Å². The van der Waals surface area contributed by atoms with Crippen molar-refractivity contribution in [2.75, 3.05) is 31.6 Å². The molecule has 0 amide bonds. The van der Waals surface area contributed by atoms with Crippen molar-refractivity contribution in [2.24, 2.45) is 5.92 Å². The highest BCUT2D eigenvalue weighted by atomic mass is 79.9. The molecule has 1 aromatic carbocycles. The molecule has 0 spiro atoms. The molecular formula is C21H30BrNO3. The molecule has 1 saturated heterocycles. The van der Waals surface area contributed by atoms with Gasteiger partial charge in [-0.2, -0.15) is 0 Å². The molecule has 2 heterocycles. The highest BCUT2D eigenvalue weighted by Gasteiger charge is 2.34. The van der Waals surface area contributed by atoms with E-state index >= 15 is 0 Å². The lowest BCUT2D eigenvalue weighted by Crippen LogP contribution is -2.42. The molecule has 0 bridgehead atoms. The van der Waals surface area contributed by atoms with Crippen LogP contribution in [0.15, 0.2) is 18.2 Å². The summed E-state index contributed by atoms with van der Waals surface area (Å²) in [5, 5.41) is 0.846. The molecule has 2 aliphatic rings. The van der Waals surface area contributed by atoms with Gasteiger partial charge in [-0.25, -0.2) is 0 Å². The molecule has 2 atom stereocenters. The predicted octanol–water partition coefficient (Wildman–Crippen LogP) is 4.04. The van der Waals surface area contributed by atoms with E-state index < -0.39 is 0 Å². The lowest BCUT2D eigenvalue weighted by molar-refractivity contribution is -0.143. The number of aryl methyl sites for hydroxylation is 1. The van der Waals surface area contributed by atoms with Crippen molar-refractivity contribution >= 4 is 21.9 Å². The molecule has 0 N–H and O–H groups in total. The zero-order valence-corrected chi connectivity index (χ0v) is 17.5. The number of esters is 1. The van der Waals surface area contributed by atoms with E-state index in [-0.39, 0.29) is 12.1 Å². The number of carbonyl (C=O) groups excluding carboxylic acids is 1. The number of halogens is 1. The van der Waals surface area contributed by atoms with Gasteiger partial charge in [-0.3, -0.25) is 4.79 Å². The van der Waals surface area contributed by atoms with E-state index in [9.17, 15) is 4.79 Å². The van der Waals surface area contributed by atoms with Crippen molar-refractivity contribution in [3.8, 4) is 0 Å². The summed E-state index contributed by atoms with van der Waals surface area (Å²) in [6.45, 7) is 7.43. The zero-order chi connectivity index (χ0) is 18.5. The van der Waals surface area contributed by atoms with Crippen LogP contribution in [0.5, 0.6) is 0 Å². The fourth-order valence-electron chi connectivity index (χ4n) is 4.27. The minimum Gasteiger partial charge on any atom is -0.466 e. The standard InChI is InChI=1S/C21H30BrNO3/c1-3-25-21(24)9-12-23-10-7-16(8-11-23)19-13-18-15(2)5-4-6-17(18)20(14-22)26-19/h4-6,16,19-20H,3,7-14H2,1-2H3/t19-,20-/m0/s1. The smallest absolute Gasteiger partial charge is 0.307 e. The Labute approximate surface area is 165 Å². The van der Waals surface area contributed by atoms with Gasteiger partial charge < -0.3 is 14.4 Å². The number of ether oxygens (including phenoxy) is 2. The second kappa shape index (κ2) is 9.34. The van der Waals surface area contributed by atoms with Crippen LogP contribution in [-0.4, -0.2) is 48.5 Å². The number of piperidine rings is 1. The van der Waals surface area contributed by atoms with Crippen LogP contribution >= 0.6 is 15.9 Å². The number of carbonyl (C=O) groups is 1. The van der Waals surface area contributed by atoms with E-state index in [1.54, 1.807) is 0 Å². The Balaban J connectivity index is 1.55. The highest BCUT2D eigenvalue weighted by molar-refractivity contribution is 9.09. The number of likely N-dealkylation sites (tertiary alicyclic amines) is 1. The van der Waals surface area contributed by atoms with Gasteiger partial charge in [-0.1, -0.05) is 34.1 Å². The maximum Gasteiger partial charge on any atom is 0.307 e. The van der Waals surface area contributed by atoms with Crippen molar-refractivity contribution in [3.05, 3.63) is 34.9 Å². The van der Waals surface area contributed by atoms with Crippen LogP contribution in [0, 0.1) is 12.8 Å². The Morgan fingerprint density at radius 2 is 2.12 bits per heavy atom. The largest absolute Gasteiger partial charge is 0.466 e. The van der Waals surface area contributed by atoms with Crippen LogP contribution in [0.25, 0.3) is 0 Å². The van der Waals surface area contributed by atoms with Crippen LogP contribution in [-0.2, 0) is 20.7 Å². The number of hydrogen-bond donors (Lipinski definition) is 0. The highest BCUT2D eigenvalue weighted by Crippen LogP contribution is 2.38. The number of benzene rings is 1. The van der Waals surface area contributed by atoms with Crippen molar-refractivity contribution < 1.29 is 14.3 Å². The third-order valence-electron chi connectivity index (χ3n) is 5.77. The topological polar surface area (TPSA) is 38.8 Å². The molecule has 26 heavy (non-hydrogen) atoms. The van der Waals surface area contributed by atoms with Crippen LogP contribution in [0.2, 0.25) is 0 Å². The predicted molar refractivity (Wildman–Crippen MR) is 107 cm³/mol. The lowest BCUT2D eigenvalue weighted by atomic mass is 9.82. The van der Waals surface area contributed by atoms with Gasteiger partial charge in [0.1, 0.15) is 0 Å². The summed E-state index contributed by atoms with van der Waals surface area (Å²) < 4.78 is 11.5. The first-order valence-corrected chi connectivity index (χ1v) is 10.9. The molecule has 0 radical (unpaired) electrons. The van der Waals surface area contributed by atoms with Gasteiger partial charge in [0.15, 0.2) is 0 Å². The Kier molecular flexibility index (Phi) is 7.12. The summed E-state index contributed by atoms with van der Waals surface area (Å²) in [6.07, 6.45) is 4.27. The molecule has 3 rings (SSSR count). The van der Waals surface area contributed by atoms with Crippen molar-refractivity contribution in [1.29, 1.82) is 0 Å². The van der Waals surface area contributed by atoms with Gasteiger partial charge in [-0.15, -0.1) is 0 Å². The molecular weight excluding hydrogens is 394 g/mol. The molecule has 1 fully saturated rings. The van der Waals surface area contributed by atoms with Gasteiger partial charge in [0.2, 0.25) is 0 Å². The fourth-order valence-corrected chi connectivity index (χ4v) is 4.77. The number of nitrogens with zero attached hydrogens (tertiary/aromatic N) is 1. The third-order valence-corrected chi connectivity index (χ3v) is 6.36. The summed E-state index contributed by atoms with van der Waals surface area (Å²) >= 11 is 3.64. The lowest BCUT2D eigenvalue weighted by Gasteiger charge is -2.40. The maximum absolute atomic E-state index is 11.5. The summed E-state index contributed by atoms with van der Waals surface area (Å²) in [5.74, 6) is 0.514. The summed E-state index contributed by atoms with van der Waals surface area (Å²) in [7, 11) is 0. The molecule has 1 aromatic rings. The summed E-state index contributed by atoms with van der Waals surface area (Å²) in [5.41, 5.74) is 4.22. The Bertz CT molecular complexity index is 613. The number of rotatable bonds is 6. The minimum atomic E-state index is -0.0857. The van der Waals surface area contributed by atoms with Crippen LogP contribution in [0.1, 0.15) is 49.0 Å². The fraction of sp³-hybridized carbons (Fsp3) is 0.667. The Morgan fingerprint density at radius 3 is 2.81 bits per heavy atom. The molecule has 0 aromatic heterocycles. The number of alkyl halides is 1. The molecule has 2 aliphatic heterocycles. The van der Waals surface area contributed by atoms with E-state index in [1.165, 1.54) is 16.7 Å². The second-order valence-electron chi connectivity index (χ2n) is 7.40. The van der Waals surface area contributed by atoms with Crippen molar-refractivity contribution in [3.63, 3.8) is 0 Å². The monoisotopic (exact) mass is 423 g/mol. The molecule has 0 aliphatic carbocycles. The average molecular weight is 424 g/mol. The van der Waals surface area contributed by atoms with Gasteiger partial charge in [0.05, 0.1) is 25.2 Å². The van der Waals surface area contributed by atoms with Gasteiger partial charge in [-0.05, 0) is 68.8 Å². The first kappa shape index (κ1) is 19.8. The van der Waals surface area contributed by atoms with E-state index in [0.717, 1.165) is 44.2 Å². The molecule has 4 nitrogen and oxygen atoms in total. The molecule has 0 unspecified atom stereocenters. The average Bonchev–Trinajstić information content (AvgIpc) is 2.67. The number of hydrogen-bond acceptors (Lipinski definition) is 4. The summed E-state index contributed by atoms with van der Waals surface area (Å²) in [6, 6.07) is 6.56. The maximum atomic E-state index is 11.5. The molecule has 0 saturated carbocycles. The normalized spacial score (nSPS) is 24.3. The van der Waals surface area contributed by atoms with Crippen LogP contribution in [0.3, 0.4) is 0 Å². The quantitative estimate of drug-likeness (QED) is 0.511. The Hall–Kier alpha value is -0.910. The Morgan fingerprint density at radius 1 is 1.35 bits per heavy atom. The van der Waals surface area contributed by atoms with Gasteiger partial charge >= 0.3 is 5.97 Å². The first-order chi connectivity index (χ1) is 12.6. The van der Waals surface area contributed by atoms with Gasteiger partial charge in [0.25, 0.3) is 0 Å². The molecule has 144 valence electrons.